The molecule has 0 unspecified atom stereocenters. The Morgan fingerprint density at radius 2 is 2.07 bits per heavy atom. The van der Waals surface area contributed by atoms with E-state index < -0.39 is 0 Å². The molecule has 1 aliphatic carbocycles. The van der Waals surface area contributed by atoms with Gasteiger partial charge in [-0.1, -0.05) is 19.3 Å². The molecule has 0 bridgehead atoms. The van der Waals surface area contributed by atoms with Crippen molar-refractivity contribution in [2.24, 2.45) is 0 Å². The van der Waals surface area contributed by atoms with Gasteiger partial charge in [0.25, 0.3) is 0 Å². The number of nitrogen functional groups attached to an aromatic ring is 1. The van der Waals surface area contributed by atoms with E-state index in [0.717, 1.165) is 15.8 Å². The van der Waals surface area contributed by atoms with Crippen LogP contribution in [0.1, 0.15) is 37.7 Å². The standard InChI is InChI=1S/C11H17N3S/c1-8-7-13-11(12)14-10(8)15-9-5-3-2-4-6-9/h7,9H,2-6H2,1H3,(H2,12,13,14). The van der Waals surface area contributed by atoms with Gasteiger partial charge in [0, 0.05) is 11.4 Å². The van der Waals surface area contributed by atoms with Crippen LogP contribution in [0.15, 0.2) is 11.2 Å². The van der Waals surface area contributed by atoms with Crippen LogP contribution < -0.4 is 5.73 Å². The molecule has 1 saturated carbocycles. The van der Waals surface area contributed by atoms with Gasteiger partial charge in [-0.05, 0) is 25.3 Å². The molecule has 82 valence electrons. The second kappa shape index (κ2) is 4.84. The van der Waals surface area contributed by atoms with Crippen molar-refractivity contribution in [2.45, 2.75) is 49.3 Å². The first kappa shape index (κ1) is 10.7. The molecule has 2 rings (SSSR count). The number of rotatable bonds is 2. The fourth-order valence-electron chi connectivity index (χ4n) is 1.90. The quantitative estimate of drug-likeness (QED) is 0.783. The Morgan fingerprint density at radius 1 is 1.33 bits per heavy atom. The van der Waals surface area contributed by atoms with E-state index in [2.05, 4.69) is 9.97 Å². The smallest absolute Gasteiger partial charge is 0.221 e. The number of thioether (sulfide) groups is 1. The average molecular weight is 223 g/mol. The predicted octanol–water partition coefficient (Wildman–Crippen LogP) is 2.79. The van der Waals surface area contributed by atoms with Crippen LogP contribution >= 0.6 is 11.8 Å². The first-order chi connectivity index (χ1) is 7.25. The third kappa shape index (κ3) is 2.84. The number of anilines is 1. The molecule has 0 radical (unpaired) electrons. The molecule has 0 atom stereocenters. The zero-order valence-corrected chi connectivity index (χ0v) is 9.89. The van der Waals surface area contributed by atoms with E-state index >= 15 is 0 Å². The summed E-state index contributed by atoms with van der Waals surface area (Å²) in [7, 11) is 0. The molecule has 1 aromatic rings. The van der Waals surface area contributed by atoms with Gasteiger partial charge in [0.05, 0.1) is 0 Å². The van der Waals surface area contributed by atoms with Gasteiger partial charge in [0.2, 0.25) is 5.95 Å². The number of aryl methyl sites for hydroxylation is 1. The van der Waals surface area contributed by atoms with Gasteiger partial charge < -0.3 is 5.73 Å². The third-order valence-electron chi connectivity index (χ3n) is 2.77. The number of hydrogen-bond donors (Lipinski definition) is 1. The van der Waals surface area contributed by atoms with Crippen LogP contribution in [0.2, 0.25) is 0 Å². The lowest BCUT2D eigenvalue weighted by atomic mass is 10.0. The highest BCUT2D eigenvalue weighted by Gasteiger charge is 2.16. The van der Waals surface area contributed by atoms with Crippen molar-refractivity contribution in [1.82, 2.24) is 9.97 Å². The van der Waals surface area contributed by atoms with Gasteiger partial charge in [-0.25, -0.2) is 9.97 Å². The lowest BCUT2D eigenvalue weighted by Gasteiger charge is -2.20. The zero-order chi connectivity index (χ0) is 10.7. The maximum atomic E-state index is 5.60. The first-order valence-electron chi connectivity index (χ1n) is 5.51. The van der Waals surface area contributed by atoms with E-state index in [9.17, 15) is 0 Å². The van der Waals surface area contributed by atoms with Crippen LogP contribution in [0.25, 0.3) is 0 Å². The van der Waals surface area contributed by atoms with Gasteiger partial charge in [-0.2, -0.15) is 0 Å². The molecule has 3 nitrogen and oxygen atoms in total. The summed E-state index contributed by atoms with van der Waals surface area (Å²) in [6.45, 7) is 2.05. The van der Waals surface area contributed by atoms with Crippen LogP contribution in [0, 0.1) is 6.92 Å². The van der Waals surface area contributed by atoms with Crippen molar-refractivity contribution >= 4 is 17.7 Å². The molecule has 1 aliphatic rings. The molecule has 0 aromatic carbocycles. The van der Waals surface area contributed by atoms with E-state index in [1.807, 2.05) is 24.9 Å². The summed E-state index contributed by atoms with van der Waals surface area (Å²) in [5.74, 6) is 0.388. The van der Waals surface area contributed by atoms with E-state index in [1.165, 1.54) is 32.1 Å². The normalized spacial score (nSPS) is 17.9. The minimum atomic E-state index is 0.388. The Kier molecular flexibility index (Phi) is 3.46. The largest absolute Gasteiger partial charge is 0.368 e. The summed E-state index contributed by atoms with van der Waals surface area (Å²) >= 11 is 1.87. The lowest BCUT2D eigenvalue weighted by molar-refractivity contribution is 0.515. The third-order valence-corrected chi connectivity index (χ3v) is 4.22. The Labute approximate surface area is 94.9 Å². The van der Waals surface area contributed by atoms with E-state index in [-0.39, 0.29) is 0 Å². The van der Waals surface area contributed by atoms with Crippen molar-refractivity contribution in [3.8, 4) is 0 Å². The maximum Gasteiger partial charge on any atom is 0.221 e. The number of hydrogen-bond acceptors (Lipinski definition) is 4. The Hall–Kier alpha value is -0.770. The van der Waals surface area contributed by atoms with Crippen LogP contribution in [0.4, 0.5) is 5.95 Å². The summed E-state index contributed by atoms with van der Waals surface area (Å²) in [5.41, 5.74) is 6.74. The molecule has 0 saturated heterocycles. The van der Waals surface area contributed by atoms with E-state index in [0.29, 0.717) is 5.95 Å². The van der Waals surface area contributed by atoms with Crippen molar-refractivity contribution in [3.05, 3.63) is 11.8 Å². The maximum absolute atomic E-state index is 5.60. The predicted molar refractivity (Wildman–Crippen MR) is 63.9 cm³/mol. The molecule has 1 aromatic heterocycles. The second-order valence-electron chi connectivity index (χ2n) is 4.09. The fourth-order valence-corrected chi connectivity index (χ4v) is 3.17. The average Bonchev–Trinajstić information content (AvgIpc) is 2.25. The molecule has 2 N–H and O–H groups in total. The van der Waals surface area contributed by atoms with Crippen LogP contribution in [0.3, 0.4) is 0 Å². The van der Waals surface area contributed by atoms with Crippen LogP contribution in [-0.4, -0.2) is 15.2 Å². The van der Waals surface area contributed by atoms with Crippen LogP contribution in [-0.2, 0) is 0 Å². The molecule has 15 heavy (non-hydrogen) atoms. The van der Waals surface area contributed by atoms with E-state index in [4.69, 9.17) is 5.73 Å². The summed E-state index contributed by atoms with van der Waals surface area (Å²) in [6, 6.07) is 0. The first-order valence-corrected chi connectivity index (χ1v) is 6.39. The molecule has 1 heterocycles. The fraction of sp³-hybridized carbons (Fsp3) is 0.636. The van der Waals surface area contributed by atoms with Gasteiger partial charge in [0.15, 0.2) is 0 Å². The second-order valence-corrected chi connectivity index (χ2v) is 5.38. The Balaban J connectivity index is 2.05. The highest BCUT2D eigenvalue weighted by Crippen LogP contribution is 2.33. The van der Waals surface area contributed by atoms with Crippen molar-refractivity contribution < 1.29 is 0 Å². The minimum absolute atomic E-state index is 0.388. The molecule has 1 fully saturated rings. The van der Waals surface area contributed by atoms with E-state index in [1.54, 1.807) is 0 Å². The summed E-state index contributed by atoms with van der Waals surface area (Å²) < 4.78 is 0. The van der Waals surface area contributed by atoms with Gasteiger partial charge in [-0.3, -0.25) is 0 Å². The van der Waals surface area contributed by atoms with Gasteiger partial charge in [0.1, 0.15) is 5.03 Å². The SMILES string of the molecule is Cc1cnc(N)nc1SC1CCCCC1. The number of nitrogens with zero attached hydrogens (tertiary/aromatic N) is 2. The lowest BCUT2D eigenvalue weighted by Crippen LogP contribution is -2.09. The molecular formula is C11H17N3S. The molecule has 4 heteroatoms. The molecule has 0 spiro atoms. The van der Waals surface area contributed by atoms with Crippen LogP contribution in [0.5, 0.6) is 0 Å². The van der Waals surface area contributed by atoms with Gasteiger partial charge >= 0.3 is 0 Å². The summed E-state index contributed by atoms with van der Waals surface area (Å²) in [6.07, 6.45) is 8.55. The Morgan fingerprint density at radius 3 is 2.80 bits per heavy atom. The van der Waals surface area contributed by atoms with Crippen molar-refractivity contribution in [3.63, 3.8) is 0 Å². The number of nitrogens with two attached hydrogens (primary N) is 1. The summed E-state index contributed by atoms with van der Waals surface area (Å²) in [4.78, 5) is 8.28. The summed E-state index contributed by atoms with van der Waals surface area (Å²) in [5, 5.41) is 1.79. The highest BCUT2D eigenvalue weighted by molar-refractivity contribution is 7.99. The minimum Gasteiger partial charge on any atom is -0.368 e. The van der Waals surface area contributed by atoms with Gasteiger partial charge in [-0.15, -0.1) is 11.8 Å². The zero-order valence-electron chi connectivity index (χ0n) is 9.07. The molecular weight excluding hydrogens is 206 g/mol. The molecule has 0 amide bonds. The monoisotopic (exact) mass is 223 g/mol. The molecule has 0 aliphatic heterocycles. The number of aromatic nitrogens is 2. The van der Waals surface area contributed by atoms with Crippen molar-refractivity contribution in [1.29, 1.82) is 0 Å². The topological polar surface area (TPSA) is 51.8 Å². The Bertz CT molecular complexity index is 335. The highest BCUT2D eigenvalue weighted by atomic mass is 32.2. The van der Waals surface area contributed by atoms with Crippen molar-refractivity contribution in [2.75, 3.05) is 5.73 Å².